The lowest BCUT2D eigenvalue weighted by Gasteiger charge is -2.18. The third-order valence-electron chi connectivity index (χ3n) is 2.63. The quantitative estimate of drug-likeness (QED) is 0.698. The Morgan fingerprint density at radius 3 is 2.53 bits per heavy atom. The van der Waals surface area contributed by atoms with Gasteiger partial charge in [0.25, 0.3) is 0 Å². The van der Waals surface area contributed by atoms with Crippen LogP contribution in [0.1, 0.15) is 12.0 Å². The molecule has 0 aliphatic carbocycles. The molecule has 0 saturated carbocycles. The first-order valence-corrected chi connectivity index (χ1v) is 5.81. The monoisotopic (exact) mass is 232 g/mol. The fraction of sp³-hybridized carbons (Fsp3) is 0.333. The molecule has 0 heterocycles. The molecular weight excluding hydrogens is 212 g/mol. The lowest BCUT2D eigenvalue weighted by Crippen LogP contribution is -2.22. The van der Waals surface area contributed by atoms with Gasteiger partial charge in [-0.05, 0) is 12.0 Å². The van der Waals surface area contributed by atoms with Crippen molar-refractivity contribution in [1.82, 2.24) is 0 Å². The number of hydrogen-bond acceptors (Lipinski definition) is 2. The second-order valence-electron chi connectivity index (χ2n) is 3.99. The Balaban J connectivity index is 2.33. The van der Waals surface area contributed by atoms with Crippen LogP contribution in [-0.2, 0) is 11.3 Å². The highest BCUT2D eigenvalue weighted by atomic mass is 16.5. The van der Waals surface area contributed by atoms with E-state index in [2.05, 4.69) is 13.2 Å². The van der Waals surface area contributed by atoms with Gasteiger partial charge in [-0.3, -0.25) is 0 Å². The van der Waals surface area contributed by atoms with E-state index in [1.165, 1.54) is 0 Å². The fourth-order valence-corrected chi connectivity index (χ4v) is 1.57. The number of aliphatic hydroxyl groups is 1. The molecule has 0 aliphatic rings. The third kappa shape index (κ3) is 4.98. The van der Waals surface area contributed by atoms with Crippen LogP contribution >= 0.6 is 0 Å². The molecule has 0 bridgehead atoms. The van der Waals surface area contributed by atoms with Gasteiger partial charge in [0, 0.05) is 5.92 Å². The van der Waals surface area contributed by atoms with Crippen molar-refractivity contribution in [3.8, 4) is 0 Å². The zero-order valence-corrected chi connectivity index (χ0v) is 10.1. The molecule has 0 spiro atoms. The minimum Gasteiger partial charge on any atom is -0.392 e. The van der Waals surface area contributed by atoms with Gasteiger partial charge < -0.3 is 9.84 Å². The highest BCUT2D eigenvalue weighted by Crippen LogP contribution is 2.11. The summed E-state index contributed by atoms with van der Waals surface area (Å²) in [6.45, 7) is 8.37. The summed E-state index contributed by atoms with van der Waals surface area (Å²) in [5, 5.41) is 9.78. The van der Waals surface area contributed by atoms with Crippen LogP contribution < -0.4 is 0 Å². The predicted molar refractivity (Wildman–Crippen MR) is 70.6 cm³/mol. The number of ether oxygens (including phenoxy) is 1. The van der Waals surface area contributed by atoms with Gasteiger partial charge in [0.2, 0.25) is 0 Å². The Morgan fingerprint density at radius 1 is 1.24 bits per heavy atom. The summed E-state index contributed by atoms with van der Waals surface area (Å²) in [7, 11) is 0. The van der Waals surface area contributed by atoms with E-state index in [0.717, 1.165) is 5.56 Å². The topological polar surface area (TPSA) is 29.5 Å². The molecule has 17 heavy (non-hydrogen) atoms. The average Bonchev–Trinajstić information content (AvgIpc) is 2.36. The molecule has 0 aromatic heterocycles. The molecule has 0 radical (unpaired) electrons. The van der Waals surface area contributed by atoms with E-state index in [9.17, 15) is 5.11 Å². The standard InChI is InChI=1S/C15H20O2/c1-3-8-15(16)14(4-2)12-17-11-13-9-6-5-7-10-13/h3-7,9-10,14-16H,1-2,8,11-12H2. The molecule has 0 aliphatic heterocycles. The molecule has 1 rings (SSSR count). The molecule has 0 saturated heterocycles. The Bertz CT molecular complexity index is 332. The molecular formula is C15H20O2. The maximum absolute atomic E-state index is 9.78. The molecule has 1 N–H and O–H groups in total. The largest absolute Gasteiger partial charge is 0.392 e. The van der Waals surface area contributed by atoms with Crippen LogP contribution in [0.5, 0.6) is 0 Å². The molecule has 92 valence electrons. The molecule has 0 fully saturated rings. The van der Waals surface area contributed by atoms with Crippen LogP contribution in [0.4, 0.5) is 0 Å². The highest BCUT2D eigenvalue weighted by molar-refractivity contribution is 5.13. The summed E-state index contributed by atoms with van der Waals surface area (Å²) in [4.78, 5) is 0. The first-order chi connectivity index (χ1) is 8.27. The Morgan fingerprint density at radius 2 is 1.94 bits per heavy atom. The fourth-order valence-electron chi connectivity index (χ4n) is 1.57. The summed E-state index contributed by atoms with van der Waals surface area (Å²) in [5.41, 5.74) is 1.13. The van der Waals surface area contributed by atoms with Gasteiger partial charge >= 0.3 is 0 Å². The van der Waals surface area contributed by atoms with Crippen LogP contribution in [0.2, 0.25) is 0 Å². The smallest absolute Gasteiger partial charge is 0.0717 e. The Labute approximate surface area is 103 Å². The lowest BCUT2D eigenvalue weighted by atomic mass is 10.0. The van der Waals surface area contributed by atoms with Crippen LogP contribution in [0.25, 0.3) is 0 Å². The molecule has 0 amide bonds. The molecule has 2 nitrogen and oxygen atoms in total. The molecule has 2 atom stereocenters. The summed E-state index contributed by atoms with van der Waals surface area (Å²) >= 11 is 0. The van der Waals surface area contributed by atoms with Crippen molar-refractivity contribution in [3.63, 3.8) is 0 Å². The number of hydrogen-bond donors (Lipinski definition) is 1. The van der Waals surface area contributed by atoms with Gasteiger partial charge in [0.15, 0.2) is 0 Å². The van der Waals surface area contributed by atoms with E-state index in [0.29, 0.717) is 19.6 Å². The van der Waals surface area contributed by atoms with E-state index in [4.69, 9.17) is 4.74 Å². The van der Waals surface area contributed by atoms with Crippen molar-refractivity contribution < 1.29 is 9.84 Å². The van der Waals surface area contributed by atoms with Gasteiger partial charge in [-0.1, -0.05) is 42.5 Å². The maximum atomic E-state index is 9.78. The summed E-state index contributed by atoms with van der Waals surface area (Å²) in [6.07, 6.45) is 3.55. The summed E-state index contributed by atoms with van der Waals surface area (Å²) in [5.74, 6) is -0.0447. The third-order valence-corrected chi connectivity index (χ3v) is 2.63. The maximum Gasteiger partial charge on any atom is 0.0717 e. The first kappa shape index (κ1) is 13.7. The zero-order valence-electron chi connectivity index (χ0n) is 10.1. The van der Waals surface area contributed by atoms with Crippen molar-refractivity contribution in [2.24, 2.45) is 5.92 Å². The summed E-state index contributed by atoms with van der Waals surface area (Å²) in [6, 6.07) is 9.97. The lowest BCUT2D eigenvalue weighted by molar-refractivity contribution is 0.0420. The normalized spacial score (nSPS) is 13.9. The van der Waals surface area contributed by atoms with E-state index >= 15 is 0 Å². The second-order valence-corrected chi connectivity index (χ2v) is 3.99. The average molecular weight is 232 g/mol. The zero-order chi connectivity index (χ0) is 12.5. The highest BCUT2D eigenvalue weighted by Gasteiger charge is 2.14. The van der Waals surface area contributed by atoms with Crippen molar-refractivity contribution >= 4 is 0 Å². The van der Waals surface area contributed by atoms with E-state index < -0.39 is 6.10 Å². The van der Waals surface area contributed by atoms with Gasteiger partial charge in [-0.25, -0.2) is 0 Å². The van der Waals surface area contributed by atoms with E-state index in [1.54, 1.807) is 12.2 Å². The van der Waals surface area contributed by atoms with Gasteiger partial charge in [0.05, 0.1) is 19.3 Å². The SMILES string of the molecule is C=CCC(O)C(C=C)COCc1ccccc1. The van der Waals surface area contributed by atoms with Crippen molar-refractivity contribution in [2.45, 2.75) is 19.1 Å². The van der Waals surface area contributed by atoms with Gasteiger partial charge in [-0.15, -0.1) is 13.2 Å². The number of aliphatic hydroxyl groups excluding tert-OH is 1. The van der Waals surface area contributed by atoms with Gasteiger partial charge in [0.1, 0.15) is 0 Å². The molecule has 1 aromatic carbocycles. The van der Waals surface area contributed by atoms with Crippen molar-refractivity contribution in [1.29, 1.82) is 0 Å². The Hall–Kier alpha value is -1.38. The van der Waals surface area contributed by atoms with Crippen LogP contribution in [-0.4, -0.2) is 17.8 Å². The Kier molecular flexibility index (Phi) is 6.30. The predicted octanol–water partition coefficient (Wildman–Crippen LogP) is 2.94. The number of benzene rings is 1. The molecule has 2 heteroatoms. The van der Waals surface area contributed by atoms with Crippen LogP contribution in [0.3, 0.4) is 0 Å². The van der Waals surface area contributed by atoms with Crippen LogP contribution in [0, 0.1) is 5.92 Å². The summed E-state index contributed by atoms with van der Waals surface area (Å²) < 4.78 is 5.57. The number of rotatable bonds is 8. The molecule has 1 aromatic rings. The minimum atomic E-state index is -0.458. The van der Waals surface area contributed by atoms with Crippen LogP contribution in [0.15, 0.2) is 55.6 Å². The van der Waals surface area contributed by atoms with Crippen molar-refractivity contribution in [3.05, 3.63) is 61.2 Å². The second kappa shape index (κ2) is 7.82. The van der Waals surface area contributed by atoms with Crippen molar-refractivity contribution in [2.75, 3.05) is 6.61 Å². The first-order valence-electron chi connectivity index (χ1n) is 5.81. The minimum absolute atomic E-state index is 0.0447. The van der Waals surface area contributed by atoms with E-state index in [-0.39, 0.29) is 5.92 Å². The molecule has 2 unspecified atom stereocenters. The van der Waals surface area contributed by atoms with Gasteiger partial charge in [-0.2, -0.15) is 0 Å². The van der Waals surface area contributed by atoms with E-state index in [1.807, 2.05) is 30.3 Å².